The number of nitrogens with one attached hydrogen (secondary N) is 2. The summed E-state index contributed by atoms with van der Waals surface area (Å²) in [6.07, 6.45) is 2.21. The second-order valence-corrected chi connectivity index (χ2v) is 18.1. The number of aromatic hydroxyl groups is 6. The highest BCUT2D eigenvalue weighted by Gasteiger charge is 2.31. The number of phenolic OH excluding ortho intramolecular Hbond substituents is 6. The number of aryl methyl sites for hydroxylation is 2. The summed E-state index contributed by atoms with van der Waals surface area (Å²) in [7, 11) is 0. The fraction of sp³-hybridized carbons (Fsp3) is 0.296. The first kappa shape index (κ1) is 51.3. The Labute approximate surface area is 404 Å². The van der Waals surface area contributed by atoms with Gasteiger partial charge in [0.2, 0.25) is 11.8 Å². The third kappa shape index (κ3) is 10.3. The second-order valence-electron chi connectivity index (χ2n) is 18.1. The standard InChI is InChI=1S/C54H58N4O12/c1-25(2)39-33-19-27(5)41(47(61)43(33)35(45(59)49(39)63)23-55-29(7)51(65)57-37(53(67)68)21-31-15-11-9-12-16-31)42-28(6)20-34-40(26(3)4)50(64)46(60)36(44(34)48(42)62)24-56-30(8)52(66)58-38(54(69)70)22-32-17-13-10-14-18-32/h9-20,23-26,29-30,37-38,59-64H,21-22H2,1-8H3,(H,57,65)(H,58,66)(H,67,68)(H,69,70). The zero-order valence-electron chi connectivity index (χ0n) is 40.1. The lowest BCUT2D eigenvalue weighted by molar-refractivity contribution is -0.142. The summed E-state index contributed by atoms with van der Waals surface area (Å²) in [5.41, 5.74) is 2.48. The maximum absolute atomic E-state index is 13.4. The molecule has 366 valence electrons. The van der Waals surface area contributed by atoms with Gasteiger partial charge in [-0.05, 0) is 72.6 Å². The lowest BCUT2D eigenvalue weighted by atomic mass is 9.83. The molecule has 0 bridgehead atoms. The van der Waals surface area contributed by atoms with Crippen LogP contribution in [0.3, 0.4) is 0 Å². The number of carbonyl (C=O) groups is 4. The van der Waals surface area contributed by atoms with Crippen LogP contribution in [0, 0.1) is 13.8 Å². The Hall–Kier alpha value is -8.14. The summed E-state index contributed by atoms with van der Waals surface area (Å²) in [4.78, 5) is 59.8. The molecule has 0 heterocycles. The number of amides is 2. The van der Waals surface area contributed by atoms with E-state index in [2.05, 4.69) is 20.6 Å². The Bertz CT molecular complexity index is 2870. The van der Waals surface area contributed by atoms with E-state index in [9.17, 15) is 60.0 Å². The minimum atomic E-state index is -1.29. The minimum Gasteiger partial charge on any atom is -0.507 e. The van der Waals surface area contributed by atoms with E-state index < -0.39 is 94.3 Å². The number of rotatable bonds is 17. The molecule has 4 atom stereocenters. The van der Waals surface area contributed by atoms with Crippen LogP contribution >= 0.6 is 0 Å². The first-order chi connectivity index (χ1) is 33.0. The van der Waals surface area contributed by atoms with E-state index in [1.165, 1.54) is 13.8 Å². The third-order valence-corrected chi connectivity index (χ3v) is 12.4. The number of benzene rings is 6. The molecule has 0 aliphatic rings. The average Bonchev–Trinajstić information content (AvgIpc) is 3.30. The molecular formula is C54H58N4O12. The monoisotopic (exact) mass is 954 g/mol. The normalized spacial score (nSPS) is 13.6. The zero-order chi connectivity index (χ0) is 51.5. The number of hydrogen-bond acceptors (Lipinski definition) is 12. The highest BCUT2D eigenvalue weighted by molar-refractivity contribution is 6.15. The third-order valence-electron chi connectivity index (χ3n) is 12.4. The van der Waals surface area contributed by atoms with Crippen LogP contribution in [0.1, 0.15) is 97.9 Å². The Balaban J connectivity index is 1.49. The van der Waals surface area contributed by atoms with Gasteiger partial charge in [0.05, 0.1) is 0 Å². The summed E-state index contributed by atoms with van der Waals surface area (Å²) < 4.78 is 0. The van der Waals surface area contributed by atoms with E-state index in [0.717, 1.165) is 12.4 Å². The smallest absolute Gasteiger partial charge is 0.326 e. The number of aliphatic carboxylic acids is 2. The number of hydrogen-bond donors (Lipinski definition) is 10. The van der Waals surface area contributed by atoms with Crippen molar-refractivity contribution < 1.29 is 60.0 Å². The molecule has 10 N–H and O–H groups in total. The summed E-state index contributed by atoms with van der Waals surface area (Å²) >= 11 is 0. The molecule has 0 aliphatic carbocycles. The molecule has 16 heteroatoms. The van der Waals surface area contributed by atoms with Crippen molar-refractivity contribution in [2.75, 3.05) is 0 Å². The van der Waals surface area contributed by atoms with Gasteiger partial charge < -0.3 is 51.5 Å². The van der Waals surface area contributed by atoms with Crippen LogP contribution in [-0.4, -0.2) is 101 Å². The molecule has 0 aromatic heterocycles. The van der Waals surface area contributed by atoms with Crippen molar-refractivity contribution in [2.24, 2.45) is 9.98 Å². The molecule has 16 nitrogen and oxygen atoms in total. The van der Waals surface area contributed by atoms with Gasteiger partial charge in [-0.1, -0.05) is 100 Å². The van der Waals surface area contributed by atoms with Crippen molar-refractivity contribution in [1.82, 2.24) is 10.6 Å². The molecule has 0 saturated carbocycles. The number of phenols is 6. The Kier molecular flexibility index (Phi) is 15.4. The number of nitrogens with zero attached hydrogens (tertiary/aromatic N) is 2. The average molecular weight is 955 g/mol. The number of carbonyl (C=O) groups excluding carboxylic acids is 2. The van der Waals surface area contributed by atoms with Crippen molar-refractivity contribution in [1.29, 1.82) is 0 Å². The van der Waals surface area contributed by atoms with E-state index in [0.29, 0.717) is 33.0 Å². The van der Waals surface area contributed by atoms with Gasteiger partial charge in [0.15, 0.2) is 23.0 Å². The van der Waals surface area contributed by atoms with Crippen LogP contribution in [0.4, 0.5) is 0 Å². The molecule has 0 radical (unpaired) electrons. The molecular weight excluding hydrogens is 897 g/mol. The largest absolute Gasteiger partial charge is 0.507 e. The van der Waals surface area contributed by atoms with Crippen LogP contribution in [0.5, 0.6) is 34.5 Å². The summed E-state index contributed by atoms with van der Waals surface area (Å²) in [5, 5.41) is 96.6. The fourth-order valence-electron chi connectivity index (χ4n) is 8.82. The molecule has 6 aromatic rings. The Morgan fingerprint density at radius 1 is 0.514 bits per heavy atom. The molecule has 6 aromatic carbocycles. The second kappa shape index (κ2) is 21.0. The highest BCUT2D eigenvalue weighted by Crippen LogP contribution is 2.54. The predicted molar refractivity (Wildman–Crippen MR) is 268 cm³/mol. The molecule has 0 saturated heterocycles. The maximum atomic E-state index is 13.4. The van der Waals surface area contributed by atoms with Crippen LogP contribution < -0.4 is 10.6 Å². The van der Waals surface area contributed by atoms with Gasteiger partial charge in [0.1, 0.15) is 35.7 Å². The van der Waals surface area contributed by atoms with E-state index >= 15 is 0 Å². The van der Waals surface area contributed by atoms with Crippen molar-refractivity contribution in [2.45, 2.75) is 104 Å². The van der Waals surface area contributed by atoms with E-state index in [4.69, 9.17) is 0 Å². The number of aliphatic imine (C=N–C) groups is 2. The molecule has 0 spiro atoms. The zero-order valence-corrected chi connectivity index (χ0v) is 40.1. The fourth-order valence-corrected chi connectivity index (χ4v) is 8.82. The van der Waals surface area contributed by atoms with Gasteiger partial charge in [-0.25, -0.2) is 9.59 Å². The van der Waals surface area contributed by atoms with E-state index in [1.807, 2.05) is 0 Å². The quantitative estimate of drug-likeness (QED) is 0.0308. The number of carboxylic acid groups (broad SMARTS) is 2. The van der Waals surface area contributed by atoms with Gasteiger partial charge in [0, 0.05) is 69.4 Å². The van der Waals surface area contributed by atoms with Crippen LogP contribution in [0.2, 0.25) is 0 Å². The Morgan fingerprint density at radius 3 is 1.14 bits per heavy atom. The SMILES string of the molecule is Cc1cc2c(C(C)C)c(O)c(O)c(C=NC(C)C(=O)NC(Cc3ccccc3)C(=O)O)c2c(O)c1-c1c(C)cc2c(C(C)C)c(O)c(O)c(C=NC(C)C(=O)NC(Cc3ccccc3)C(=O)O)c2c1O. The van der Waals surface area contributed by atoms with Gasteiger partial charge in [-0.15, -0.1) is 0 Å². The lowest BCUT2D eigenvalue weighted by Crippen LogP contribution is -2.45. The molecule has 0 fully saturated rings. The maximum Gasteiger partial charge on any atom is 0.326 e. The summed E-state index contributed by atoms with van der Waals surface area (Å²) in [5.74, 6) is -8.09. The van der Waals surface area contributed by atoms with Crippen LogP contribution in [-0.2, 0) is 32.0 Å². The van der Waals surface area contributed by atoms with Crippen molar-refractivity contribution in [3.8, 4) is 45.6 Å². The molecule has 0 aliphatic heterocycles. The first-order valence-corrected chi connectivity index (χ1v) is 22.7. The van der Waals surface area contributed by atoms with Crippen molar-refractivity contribution >= 4 is 57.7 Å². The van der Waals surface area contributed by atoms with Gasteiger partial charge in [0.25, 0.3) is 0 Å². The van der Waals surface area contributed by atoms with Crippen molar-refractivity contribution in [3.05, 3.63) is 117 Å². The van der Waals surface area contributed by atoms with Gasteiger partial charge >= 0.3 is 11.9 Å². The first-order valence-electron chi connectivity index (χ1n) is 22.7. The van der Waals surface area contributed by atoms with E-state index in [-0.39, 0.29) is 57.0 Å². The molecule has 2 amide bonds. The van der Waals surface area contributed by atoms with Crippen LogP contribution in [0.15, 0.2) is 82.8 Å². The topological polar surface area (TPSA) is 279 Å². The number of fused-ring (bicyclic) bond motifs is 2. The summed E-state index contributed by atoms with van der Waals surface area (Å²) in [6, 6.07) is 15.8. The molecule has 70 heavy (non-hydrogen) atoms. The highest BCUT2D eigenvalue weighted by atomic mass is 16.4. The predicted octanol–water partition coefficient (Wildman–Crippen LogP) is 8.00. The minimum absolute atomic E-state index is 0.0000295. The Morgan fingerprint density at radius 2 is 0.843 bits per heavy atom. The van der Waals surface area contributed by atoms with Gasteiger partial charge in [-0.2, -0.15) is 0 Å². The summed E-state index contributed by atoms with van der Waals surface area (Å²) in [6.45, 7) is 13.3. The van der Waals surface area contributed by atoms with Crippen molar-refractivity contribution in [3.63, 3.8) is 0 Å². The van der Waals surface area contributed by atoms with Gasteiger partial charge in [-0.3, -0.25) is 19.6 Å². The molecule has 6 rings (SSSR count). The van der Waals surface area contributed by atoms with Crippen LogP contribution in [0.25, 0.3) is 32.7 Å². The lowest BCUT2D eigenvalue weighted by Gasteiger charge is -2.23. The molecule has 4 unspecified atom stereocenters. The number of carboxylic acids is 2. The van der Waals surface area contributed by atoms with E-state index in [1.54, 1.807) is 114 Å².